The largest absolute Gasteiger partial charge is 0.388 e. The second kappa shape index (κ2) is 6.21. The Bertz CT molecular complexity index is 411. The molecule has 2 rings (SSSR count). The van der Waals surface area contributed by atoms with Crippen molar-refractivity contribution in [2.75, 3.05) is 0 Å². The number of aliphatic hydroxyl groups is 1. The molecule has 0 saturated carbocycles. The quantitative estimate of drug-likeness (QED) is 0.775. The van der Waals surface area contributed by atoms with Gasteiger partial charge in [0.2, 0.25) is 0 Å². The van der Waals surface area contributed by atoms with E-state index in [2.05, 4.69) is 9.55 Å². The van der Waals surface area contributed by atoms with Gasteiger partial charge in [0.15, 0.2) is 0 Å². The maximum Gasteiger partial charge on any atom is 0.0945 e. The molecule has 1 aromatic heterocycles. The van der Waals surface area contributed by atoms with Gasteiger partial charge in [-0.25, -0.2) is 4.98 Å². The molecule has 1 heterocycles. The van der Waals surface area contributed by atoms with E-state index in [1.807, 2.05) is 42.9 Å². The summed E-state index contributed by atoms with van der Waals surface area (Å²) in [4.78, 5) is 4.00. The van der Waals surface area contributed by atoms with E-state index in [-0.39, 0.29) is 6.10 Å². The minimum absolute atomic E-state index is 0.334. The van der Waals surface area contributed by atoms with Gasteiger partial charge >= 0.3 is 0 Å². The Balaban J connectivity index is 1.68. The summed E-state index contributed by atoms with van der Waals surface area (Å²) in [6.45, 7) is 0.974. The molecular formula is C14H18N2O. The van der Waals surface area contributed by atoms with Gasteiger partial charge in [0.05, 0.1) is 12.4 Å². The van der Waals surface area contributed by atoms with Crippen LogP contribution in [-0.4, -0.2) is 14.7 Å². The molecule has 0 amide bonds. The van der Waals surface area contributed by atoms with Crippen molar-refractivity contribution in [3.8, 4) is 0 Å². The van der Waals surface area contributed by atoms with Gasteiger partial charge in [0, 0.05) is 18.9 Å². The third-order valence-corrected chi connectivity index (χ3v) is 2.89. The van der Waals surface area contributed by atoms with Crippen molar-refractivity contribution in [3.05, 3.63) is 54.6 Å². The number of imidazole rings is 1. The summed E-state index contributed by atoms with van der Waals surface area (Å²) < 4.78 is 2.06. The zero-order chi connectivity index (χ0) is 11.9. The van der Waals surface area contributed by atoms with E-state index in [1.54, 1.807) is 6.20 Å². The standard InChI is InChI=1S/C14H18N2O/c17-14(13-6-2-1-3-7-13)8-4-5-10-16-11-9-15-12-16/h1-3,6-7,9,11-12,14,17H,4-5,8,10H2. The number of aliphatic hydroxyl groups excluding tert-OH is 1. The Morgan fingerprint density at radius 1 is 1.18 bits per heavy atom. The lowest BCUT2D eigenvalue weighted by Gasteiger charge is -2.10. The molecule has 90 valence electrons. The first kappa shape index (κ1) is 11.9. The Hall–Kier alpha value is -1.61. The fraction of sp³-hybridized carbons (Fsp3) is 0.357. The van der Waals surface area contributed by atoms with Gasteiger partial charge in [-0.2, -0.15) is 0 Å². The summed E-state index contributed by atoms with van der Waals surface area (Å²) in [7, 11) is 0. The highest BCUT2D eigenvalue weighted by atomic mass is 16.3. The van der Waals surface area contributed by atoms with Crippen molar-refractivity contribution >= 4 is 0 Å². The monoisotopic (exact) mass is 230 g/mol. The molecule has 0 saturated heterocycles. The Kier molecular flexibility index (Phi) is 4.33. The van der Waals surface area contributed by atoms with Crippen molar-refractivity contribution in [2.45, 2.75) is 31.9 Å². The summed E-state index contributed by atoms with van der Waals surface area (Å²) >= 11 is 0. The van der Waals surface area contributed by atoms with Crippen LogP contribution in [-0.2, 0) is 6.54 Å². The number of aryl methyl sites for hydroxylation is 1. The summed E-state index contributed by atoms with van der Waals surface area (Å²) in [5.74, 6) is 0. The number of hydrogen-bond acceptors (Lipinski definition) is 2. The molecule has 0 spiro atoms. The fourth-order valence-corrected chi connectivity index (χ4v) is 1.89. The highest BCUT2D eigenvalue weighted by molar-refractivity contribution is 5.16. The van der Waals surface area contributed by atoms with Crippen LogP contribution in [0.2, 0.25) is 0 Å². The van der Waals surface area contributed by atoms with E-state index >= 15 is 0 Å². The third-order valence-electron chi connectivity index (χ3n) is 2.89. The number of benzene rings is 1. The van der Waals surface area contributed by atoms with Crippen molar-refractivity contribution in [3.63, 3.8) is 0 Å². The highest BCUT2D eigenvalue weighted by Crippen LogP contribution is 2.18. The van der Waals surface area contributed by atoms with Crippen LogP contribution in [0.4, 0.5) is 0 Å². The number of rotatable bonds is 6. The number of unbranched alkanes of at least 4 members (excludes halogenated alkanes) is 1. The van der Waals surface area contributed by atoms with Gasteiger partial charge in [-0.05, 0) is 24.8 Å². The molecule has 3 nitrogen and oxygen atoms in total. The Labute approximate surface area is 102 Å². The van der Waals surface area contributed by atoms with Crippen LogP contribution in [0.3, 0.4) is 0 Å². The summed E-state index contributed by atoms with van der Waals surface area (Å²) in [6.07, 6.45) is 8.16. The van der Waals surface area contributed by atoms with Crippen LogP contribution in [0.5, 0.6) is 0 Å². The van der Waals surface area contributed by atoms with Gasteiger partial charge in [-0.1, -0.05) is 30.3 Å². The van der Waals surface area contributed by atoms with Crippen molar-refractivity contribution in [1.29, 1.82) is 0 Å². The molecule has 0 bridgehead atoms. The van der Waals surface area contributed by atoms with Gasteiger partial charge in [0.25, 0.3) is 0 Å². The highest BCUT2D eigenvalue weighted by Gasteiger charge is 2.05. The third kappa shape index (κ3) is 3.71. The second-order valence-corrected chi connectivity index (χ2v) is 4.22. The van der Waals surface area contributed by atoms with Gasteiger partial charge in [0.1, 0.15) is 0 Å². The normalized spacial score (nSPS) is 12.5. The fourth-order valence-electron chi connectivity index (χ4n) is 1.89. The van der Waals surface area contributed by atoms with E-state index in [0.29, 0.717) is 0 Å². The van der Waals surface area contributed by atoms with Crippen LogP contribution in [0.1, 0.15) is 30.9 Å². The Morgan fingerprint density at radius 3 is 2.71 bits per heavy atom. The lowest BCUT2D eigenvalue weighted by molar-refractivity contribution is 0.163. The molecule has 0 aliphatic rings. The van der Waals surface area contributed by atoms with Crippen LogP contribution >= 0.6 is 0 Å². The Morgan fingerprint density at radius 2 is 2.00 bits per heavy atom. The molecule has 2 aromatic rings. The van der Waals surface area contributed by atoms with Crippen LogP contribution < -0.4 is 0 Å². The minimum atomic E-state index is -0.334. The average Bonchev–Trinajstić information content (AvgIpc) is 2.88. The zero-order valence-corrected chi connectivity index (χ0v) is 9.87. The van der Waals surface area contributed by atoms with Gasteiger partial charge in [-0.3, -0.25) is 0 Å². The summed E-state index contributed by atoms with van der Waals surface area (Å²) in [6, 6.07) is 9.84. The molecule has 3 heteroatoms. The lowest BCUT2D eigenvalue weighted by atomic mass is 10.0. The zero-order valence-electron chi connectivity index (χ0n) is 9.87. The van der Waals surface area contributed by atoms with Crippen LogP contribution in [0.15, 0.2) is 49.1 Å². The maximum absolute atomic E-state index is 9.96. The van der Waals surface area contributed by atoms with Crippen LogP contribution in [0, 0.1) is 0 Å². The minimum Gasteiger partial charge on any atom is -0.388 e. The van der Waals surface area contributed by atoms with E-state index in [0.717, 1.165) is 31.4 Å². The van der Waals surface area contributed by atoms with Crippen molar-refractivity contribution in [1.82, 2.24) is 9.55 Å². The predicted octanol–water partition coefficient (Wildman–Crippen LogP) is 2.79. The maximum atomic E-state index is 9.96. The molecule has 0 radical (unpaired) electrons. The molecule has 0 aliphatic heterocycles. The molecule has 1 N–H and O–H groups in total. The molecule has 1 aromatic carbocycles. The second-order valence-electron chi connectivity index (χ2n) is 4.22. The van der Waals surface area contributed by atoms with Crippen LogP contribution in [0.25, 0.3) is 0 Å². The van der Waals surface area contributed by atoms with Crippen molar-refractivity contribution in [2.24, 2.45) is 0 Å². The van der Waals surface area contributed by atoms with E-state index in [1.165, 1.54) is 0 Å². The first-order chi connectivity index (χ1) is 8.36. The SMILES string of the molecule is OC(CCCCn1ccnc1)c1ccccc1. The first-order valence-corrected chi connectivity index (χ1v) is 6.05. The number of aromatic nitrogens is 2. The summed E-state index contributed by atoms with van der Waals surface area (Å²) in [5, 5.41) is 9.96. The van der Waals surface area contributed by atoms with E-state index in [9.17, 15) is 5.11 Å². The van der Waals surface area contributed by atoms with Gasteiger partial charge < -0.3 is 9.67 Å². The number of hydrogen-bond donors (Lipinski definition) is 1. The number of nitrogens with zero attached hydrogens (tertiary/aromatic N) is 2. The van der Waals surface area contributed by atoms with E-state index < -0.39 is 0 Å². The van der Waals surface area contributed by atoms with Gasteiger partial charge in [-0.15, -0.1) is 0 Å². The molecule has 17 heavy (non-hydrogen) atoms. The smallest absolute Gasteiger partial charge is 0.0945 e. The molecule has 1 unspecified atom stereocenters. The first-order valence-electron chi connectivity index (χ1n) is 6.05. The molecular weight excluding hydrogens is 212 g/mol. The molecule has 0 fully saturated rings. The summed E-state index contributed by atoms with van der Waals surface area (Å²) in [5.41, 5.74) is 1.01. The lowest BCUT2D eigenvalue weighted by Crippen LogP contribution is -1.99. The topological polar surface area (TPSA) is 38.0 Å². The van der Waals surface area contributed by atoms with Crippen molar-refractivity contribution < 1.29 is 5.11 Å². The van der Waals surface area contributed by atoms with E-state index in [4.69, 9.17) is 0 Å². The molecule has 1 atom stereocenters. The molecule has 0 aliphatic carbocycles. The predicted molar refractivity (Wildman–Crippen MR) is 67.5 cm³/mol. The average molecular weight is 230 g/mol.